The van der Waals surface area contributed by atoms with Crippen LogP contribution in [0.2, 0.25) is 0 Å². The van der Waals surface area contributed by atoms with E-state index in [0.717, 1.165) is 47.4 Å². The van der Waals surface area contributed by atoms with E-state index in [2.05, 4.69) is 46.9 Å². The number of fused-ring (bicyclic) bond motifs is 2. The van der Waals surface area contributed by atoms with Gasteiger partial charge in [-0.25, -0.2) is 0 Å². The Balaban J connectivity index is 0.00000225. The highest BCUT2D eigenvalue weighted by atomic mass is 127. The van der Waals surface area contributed by atoms with Crippen LogP contribution < -0.4 is 38.2 Å². The van der Waals surface area contributed by atoms with Crippen LogP contribution in [-0.2, 0) is 6.54 Å². The lowest BCUT2D eigenvalue weighted by atomic mass is 10.3. The van der Waals surface area contributed by atoms with E-state index >= 15 is 0 Å². The summed E-state index contributed by atoms with van der Waals surface area (Å²) in [5.41, 5.74) is 9.13. The molecule has 28 heavy (non-hydrogen) atoms. The number of halogens is 1. The van der Waals surface area contributed by atoms with Crippen molar-refractivity contribution in [2.24, 2.45) is 0 Å². The molecule has 0 radical (unpaired) electrons. The Labute approximate surface area is 181 Å². The Morgan fingerprint density at radius 3 is 2.64 bits per heavy atom. The summed E-state index contributed by atoms with van der Waals surface area (Å²) in [6, 6.07) is 16.0. The first kappa shape index (κ1) is 20.0. The van der Waals surface area contributed by atoms with Crippen molar-refractivity contribution >= 4 is 22.9 Å². The molecule has 1 aliphatic heterocycles. The van der Waals surface area contributed by atoms with Gasteiger partial charge in [-0.3, -0.25) is 0 Å². The number of benzene rings is 2. The number of aromatic nitrogens is 1. The highest BCUT2D eigenvalue weighted by Gasteiger charge is 2.23. The second-order valence-electron chi connectivity index (χ2n) is 6.07. The van der Waals surface area contributed by atoms with Gasteiger partial charge < -0.3 is 38.0 Å². The summed E-state index contributed by atoms with van der Waals surface area (Å²) in [6.45, 7) is 5.86. The SMILES string of the molecule is CCN1C(=CC=C=C=Cc2oc3ccccc3[n+]2CC)Oc2ccccc21.[I-]. The van der Waals surface area contributed by atoms with Crippen LogP contribution in [0, 0.1) is 0 Å². The van der Waals surface area contributed by atoms with Crippen molar-refractivity contribution < 1.29 is 37.7 Å². The average Bonchev–Trinajstić information content (AvgIpc) is 3.24. The standard InChI is InChI=1S/C23H21N2O2.HI/c1-3-24-18-12-8-10-14-20(18)26-22(24)16-6-5-7-17-23-25(4-2)19-13-9-11-15-21(19)27-23;/h6,8-17H,3-4H2,1-2H3;1H/q+1;/p-1. The van der Waals surface area contributed by atoms with E-state index in [1.54, 1.807) is 12.2 Å². The molecule has 3 aromatic rings. The van der Waals surface area contributed by atoms with Gasteiger partial charge in [0.05, 0.1) is 5.69 Å². The van der Waals surface area contributed by atoms with E-state index in [1.165, 1.54) is 0 Å². The number of rotatable bonds is 4. The van der Waals surface area contributed by atoms with E-state index < -0.39 is 0 Å². The molecule has 5 heteroatoms. The topological polar surface area (TPSA) is 29.5 Å². The van der Waals surface area contributed by atoms with Gasteiger partial charge >= 0.3 is 5.89 Å². The van der Waals surface area contributed by atoms with Crippen LogP contribution in [0.4, 0.5) is 5.69 Å². The smallest absolute Gasteiger partial charge is 0.382 e. The molecule has 0 spiro atoms. The van der Waals surface area contributed by atoms with Gasteiger partial charge in [-0.05, 0) is 38.1 Å². The molecule has 0 amide bonds. The van der Waals surface area contributed by atoms with E-state index in [9.17, 15) is 0 Å². The van der Waals surface area contributed by atoms with Gasteiger partial charge in [-0.2, -0.15) is 4.57 Å². The zero-order valence-corrected chi connectivity index (χ0v) is 18.0. The molecule has 142 valence electrons. The fourth-order valence-electron chi connectivity index (χ4n) is 3.25. The number of anilines is 1. The van der Waals surface area contributed by atoms with Gasteiger partial charge in [0, 0.05) is 18.7 Å². The molecule has 4 rings (SSSR count). The molecule has 0 N–H and O–H groups in total. The Morgan fingerprint density at radius 2 is 1.82 bits per heavy atom. The summed E-state index contributed by atoms with van der Waals surface area (Å²) in [6.07, 6.45) is 5.51. The van der Waals surface area contributed by atoms with E-state index in [4.69, 9.17) is 9.15 Å². The van der Waals surface area contributed by atoms with Crippen LogP contribution in [0.5, 0.6) is 5.75 Å². The van der Waals surface area contributed by atoms with Gasteiger partial charge in [-0.15, -0.1) is 0 Å². The van der Waals surface area contributed by atoms with Crippen LogP contribution in [0.25, 0.3) is 17.2 Å². The number of allylic oxidation sites excluding steroid dienone is 2. The monoisotopic (exact) mass is 484 g/mol. The van der Waals surface area contributed by atoms with Gasteiger partial charge in [-0.1, -0.05) is 35.7 Å². The predicted molar refractivity (Wildman–Crippen MR) is 106 cm³/mol. The summed E-state index contributed by atoms with van der Waals surface area (Å²) in [4.78, 5) is 2.13. The molecule has 0 fully saturated rings. The average molecular weight is 484 g/mol. The first-order valence-electron chi connectivity index (χ1n) is 9.15. The lowest BCUT2D eigenvalue weighted by molar-refractivity contribution is -0.674. The maximum atomic E-state index is 5.91. The molecular formula is C23H21IN2O2. The lowest BCUT2D eigenvalue weighted by Crippen LogP contribution is -3.00. The summed E-state index contributed by atoms with van der Waals surface area (Å²) in [5, 5.41) is 0. The van der Waals surface area contributed by atoms with Crippen LogP contribution in [0.15, 0.2) is 82.4 Å². The molecule has 1 aromatic heterocycles. The number of hydrogen-bond acceptors (Lipinski definition) is 3. The fourth-order valence-corrected chi connectivity index (χ4v) is 3.25. The van der Waals surface area contributed by atoms with Crippen molar-refractivity contribution in [2.45, 2.75) is 20.4 Å². The minimum atomic E-state index is 0. The maximum absolute atomic E-state index is 5.91. The minimum Gasteiger partial charge on any atom is -1.00 e. The molecule has 2 aromatic carbocycles. The highest BCUT2D eigenvalue weighted by molar-refractivity contribution is 5.69. The molecule has 2 heterocycles. The van der Waals surface area contributed by atoms with E-state index in [1.807, 2.05) is 42.5 Å². The molecule has 0 atom stereocenters. The fraction of sp³-hybridized carbons (Fsp3) is 0.174. The minimum absolute atomic E-state index is 0. The zero-order valence-electron chi connectivity index (χ0n) is 15.9. The molecular weight excluding hydrogens is 463 g/mol. The van der Waals surface area contributed by atoms with Crippen molar-refractivity contribution in [3.05, 3.63) is 83.9 Å². The Hall–Kier alpha value is -2.72. The summed E-state index contributed by atoms with van der Waals surface area (Å²) in [7, 11) is 0. The third kappa shape index (κ3) is 3.78. The van der Waals surface area contributed by atoms with Crippen molar-refractivity contribution in [2.75, 3.05) is 11.4 Å². The molecule has 0 unspecified atom stereocenters. The summed E-state index contributed by atoms with van der Waals surface area (Å²) < 4.78 is 13.9. The van der Waals surface area contributed by atoms with Gasteiger partial charge in [0.1, 0.15) is 12.6 Å². The first-order valence-corrected chi connectivity index (χ1v) is 9.15. The van der Waals surface area contributed by atoms with Crippen LogP contribution >= 0.6 is 0 Å². The van der Waals surface area contributed by atoms with Crippen LogP contribution in [0.1, 0.15) is 19.7 Å². The van der Waals surface area contributed by atoms with E-state index in [-0.39, 0.29) is 24.0 Å². The second kappa shape index (κ2) is 8.98. The number of aryl methyl sites for hydroxylation is 1. The van der Waals surface area contributed by atoms with Crippen LogP contribution in [-0.4, -0.2) is 6.54 Å². The Kier molecular flexibility index (Phi) is 6.42. The molecule has 0 aliphatic carbocycles. The van der Waals surface area contributed by atoms with Gasteiger partial charge in [0.25, 0.3) is 5.52 Å². The third-order valence-electron chi connectivity index (χ3n) is 4.49. The summed E-state index contributed by atoms with van der Waals surface area (Å²) in [5.74, 6) is 2.43. The molecule has 1 aliphatic rings. The van der Waals surface area contributed by atoms with Gasteiger partial charge in [0.15, 0.2) is 5.75 Å². The molecule has 4 nitrogen and oxygen atoms in total. The molecule has 0 saturated heterocycles. The number of hydrogen-bond donors (Lipinski definition) is 0. The maximum Gasteiger partial charge on any atom is 0.382 e. The van der Waals surface area contributed by atoms with Crippen molar-refractivity contribution in [3.63, 3.8) is 0 Å². The van der Waals surface area contributed by atoms with Crippen molar-refractivity contribution in [1.82, 2.24) is 0 Å². The summed E-state index contributed by atoms with van der Waals surface area (Å²) >= 11 is 0. The van der Waals surface area contributed by atoms with Crippen molar-refractivity contribution in [1.29, 1.82) is 0 Å². The highest BCUT2D eigenvalue weighted by Crippen LogP contribution is 2.38. The zero-order chi connectivity index (χ0) is 18.6. The first-order chi connectivity index (χ1) is 13.3. The number of ether oxygens (including phenoxy) is 1. The Morgan fingerprint density at radius 1 is 1.04 bits per heavy atom. The quantitative estimate of drug-likeness (QED) is 0.322. The third-order valence-corrected chi connectivity index (χ3v) is 4.49. The normalized spacial score (nSPS) is 13.4. The predicted octanol–water partition coefficient (Wildman–Crippen LogP) is 1.83. The number of nitrogens with zero attached hydrogens (tertiary/aromatic N) is 2. The molecule has 0 saturated carbocycles. The van der Waals surface area contributed by atoms with Crippen molar-refractivity contribution in [3.8, 4) is 5.75 Å². The molecule has 0 bridgehead atoms. The van der Waals surface area contributed by atoms with Crippen LogP contribution in [0.3, 0.4) is 0 Å². The van der Waals surface area contributed by atoms with E-state index in [0.29, 0.717) is 0 Å². The largest absolute Gasteiger partial charge is 1.00 e. The Bertz CT molecular complexity index is 1120. The number of oxazole rings is 1. The lowest BCUT2D eigenvalue weighted by Gasteiger charge is -2.14. The second-order valence-corrected chi connectivity index (χ2v) is 6.07. The number of para-hydroxylation sites is 4. The van der Waals surface area contributed by atoms with Gasteiger partial charge in [0.2, 0.25) is 11.5 Å².